The standard InChI is InChI=1S/C14H16FNO5/c1-20-4-5-21-10-7-16(8-10)13(17)11-3-2-9(14(18)19)6-12(11)15/h2-3,6,10H,4-5,7-8H2,1H3,(H,18,19). The lowest BCUT2D eigenvalue weighted by Gasteiger charge is -2.38. The molecule has 0 atom stereocenters. The topological polar surface area (TPSA) is 76.1 Å². The summed E-state index contributed by atoms with van der Waals surface area (Å²) in [5.41, 5.74) is -0.316. The van der Waals surface area contributed by atoms with Gasteiger partial charge in [0.15, 0.2) is 0 Å². The second-order valence-corrected chi connectivity index (χ2v) is 4.70. The summed E-state index contributed by atoms with van der Waals surface area (Å²) in [6.45, 7) is 1.71. The minimum Gasteiger partial charge on any atom is -0.478 e. The molecule has 0 aromatic heterocycles. The highest BCUT2D eigenvalue weighted by Gasteiger charge is 2.33. The summed E-state index contributed by atoms with van der Waals surface area (Å²) in [7, 11) is 1.57. The lowest BCUT2D eigenvalue weighted by Crippen LogP contribution is -2.55. The Morgan fingerprint density at radius 1 is 1.38 bits per heavy atom. The predicted octanol–water partition coefficient (Wildman–Crippen LogP) is 1.01. The van der Waals surface area contributed by atoms with E-state index in [1.54, 1.807) is 7.11 Å². The van der Waals surface area contributed by atoms with Gasteiger partial charge in [0.25, 0.3) is 5.91 Å². The van der Waals surface area contributed by atoms with Gasteiger partial charge in [0, 0.05) is 20.2 Å². The summed E-state index contributed by atoms with van der Waals surface area (Å²) in [6, 6.07) is 3.26. The van der Waals surface area contributed by atoms with Crippen molar-refractivity contribution >= 4 is 11.9 Å². The highest BCUT2D eigenvalue weighted by Crippen LogP contribution is 2.19. The third-order valence-electron chi connectivity index (χ3n) is 3.22. The Morgan fingerprint density at radius 2 is 2.10 bits per heavy atom. The first-order valence-corrected chi connectivity index (χ1v) is 6.45. The molecule has 1 N–H and O–H groups in total. The Kier molecular flexibility index (Phi) is 4.87. The summed E-state index contributed by atoms with van der Waals surface area (Å²) < 4.78 is 24.0. The monoisotopic (exact) mass is 297 g/mol. The number of carboxylic acid groups (broad SMARTS) is 1. The van der Waals surface area contributed by atoms with Gasteiger partial charge in [-0.2, -0.15) is 0 Å². The molecule has 7 heteroatoms. The SMILES string of the molecule is COCCOC1CN(C(=O)c2ccc(C(=O)O)cc2F)C1. The molecular formula is C14H16FNO5. The van der Waals surface area contributed by atoms with E-state index < -0.39 is 17.7 Å². The summed E-state index contributed by atoms with van der Waals surface area (Å²) in [6.07, 6.45) is -0.0644. The minimum atomic E-state index is -1.23. The highest BCUT2D eigenvalue weighted by atomic mass is 19.1. The van der Waals surface area contributed by atoms with Crippen LogP contribution in [0.5, 0.6) is 0 Å². The maximum Gasteiger partial charge on any atom is 0.335 e. The Balaban J connectivity index is 1.92. The Labute approximate surface area is 121 Å². The molecule has 2 rings (SSSR count). The molecule has 1 amide bonds. The number of halogens is 1. The number of likely N-dealkylation sites (tertiary alicyclic amines) is 1. The average Bonchev–Trinajstić information content (AvgIpc) is 2.40. The summed E-state index contributed by atoms with van der Waals surface area (Å²) in [5.74, 6) is -2.52. The highest BCUT2D eigenvalue weighted by molar-refractivity contribution is 5.96. The molecule has 0 aliphatic carbocycles. The maximum atomic E-state index is 13.8. The number of amides is 1. The normalized spacial score (nSPS) is 14.9. The fourth-order valence-electron chi connectivity index (χ4n) is 2.00. The first-order chi connectivity index (χ1) is 10.0. The van der Waals surface area contributed by atoms with Crippen LogP contribution in [0.1, 0.15) is 20.7 Å². The molecule has 114 valence electrons. The molecule has 21 heavy (non-hydrogen) atoms. The molecule has 6 nitrogen and oxygen atoms in total. The second-order valence-electron chi connectivity index (χ2n) is 4.70. The van der Waals surface area contributed by atoms with Crippen molar-refractivity contribution in [1.29, 1.82) is 0 Å². The molecule has 1 aliphatic heterocycles. The largest absolute Gasteiger partial charge is 0.478 e. The van der Waals surface area contributed by atoms with Crippen molar-refractivity contribution in [2.75, 3.05) is 33.4 Å². The Bertz CT molecular complexity index is 542. The zero-order valence-electron chi connectivity index (χ0n) is 11.5. The van der Waals surface area contributed by atoms with Gasteiger partial charge >= 0.3 is 5.97 Å². The van der Waals surface area contributed by atoms with Crippen molar-refractivity contribution in [3.05, 3.63) is 35.1 Å². The van der Waals surface area contributed by atoms with Gasteiger partial charge in [-0.25, -0.2) is 9.18 Å². The van der Waals surface area contributed by atoms with E-state index in [1.165, 1.54) is 17.0 Å². The van der Waals surface area contributed by atoms with E-state index in [1.807, 2.05) is 0 Å². The molecular weight excluding hydrogens is 281 g/mol. The van der Waals surface area contributed by atoms with E-state index in [-0.39, 0.29) is 17.2 Å². The summed E-state index contributed by atoms with van der Waals surface area (Å²) in [4.78, 5) is 24.2. The van der Waals surface area contributed by atoms with Crippen LogP contribution in [0.15, 0.2) is 18.2 Å². The van der Waals surface area contributed by atoms with Crippen LogP contribution in [0.4, 0.5) is 4.39 Å². The van der Waals surface area contributed by atoms with Crippen LogP contribution in [0, 0.1) is 5.82 Å². The van der Waals surface area contributed by atoms with Crippen molar-refractivity contribution < 1.29 is 28.6 Å². The molecule has 0 bridgehead atoms. The number of aromatic carboxylic acids is 1. The zero-order valence-corrected chi connectivity index (χ0v) is 11.5. The number of carbonyl (C=O) groups is 2. The van der Waals surface area contributed by atoms with Gasteiger partial charge in [-0.3, -0.25) is 4.79 Å². The van der Waals surface area contributed by atoms with Gasteiger partial charge in [-0.1, -0.05) is 0 Å². The Morgan fingerprint density at radius 3 is 2.67 bits per heavy atom. The second kappa shape index (κ2) is 6.64. The predicted molar refractivity (Wildman–Crippen MR) is 70.9 cm³/mol. The maximum absolute atomic E-state index is 13.8. The first-order valence-electron chi connectivity index (χ1n) is 6.45. The van der Waals surface area contributed by atoms with Crippen molar-refractivity contribution in [2.45, 2.75) is 6.10 Å². The van der Waals surface area contributed by atoms with Crippen LogP contribution in [-0.2, 0) is 9.47 Å². The van der Waals surface area contributed by atoms with E-state index in [0.717, 1.165) is 6.07 Å². The number of ether oxygens (including phenoxy) is 2. The number of hydrogen-bond donors (Lipinski definition) is 1. The minimum absolute atomic E-state index is 0.0644. The van der Waals surface area contributed by atoms with Gasteiger partial charge in [-0.05, 0) is 18.2 Å². The fraction of sp³-hybridized carbons (Fsp3) is 0.429. The van der Waals surface area contributed by atoms with Crippen molar-refractivity contribution in [3.8, 4) is 0 Å². The molecule has 1 aliphatic rings. The number of benzene rings is 1. The lowest BCUT2D eigenvalue weighted by atomic mass is 10.1. The van der Waals surface area contributed by atoms with Gasteiger partial charge < -0.3 is 19.5 Å². The van der Waals surface area contributed by atoms with Crippen LogP contribution in [0.3, 0.4) is 0 Å². The summed E-state index contributed by atoms with van der Waals surface area (Å²) >= 11 is 0. The van der Waals surface area contributed by atoms with Crippen molar-refractivity contribution in [1.82, 2.24) is 4.90 Å². The smallest absolute Gasteiger partial charge is 0.335 e. The molecule has 0 spiro atoms. The van der Waals surface area contributed by atoms with Crippen molar-refractivity contribution in [3.63, 3.8) is 0 Å². The van der Waals surface area contributed by atoms with Gasteiger partial charge in [-0.15, -0.1) is 0 Å². The Hall–Kier alpha value is -1.99. The van der Waals surface area contributed by atoms with Crippen molar-refractivity contribution in [2.24, 2.45) is 0 Å². The number of carboxylic acids is 1. The van der Waals surface area contributed by atoms with E-state index in [2.05, 4.69) is 0 Å². The molecule has 0 unspecified atom stereocenters. The van der Waals surface area contributed by atoms with Crippen LogP contribution >= 0.6 is 0 Å². The molecule has 1 aromatic carbocycles. The number of hydrogen-bond acceptors (Lipinski definition) is 4. The zero-order chi connectivity index (χ0) is 15.4. The van der Waals surface area contributed by atoms with E-state index in [4.69, 9.17) is 14.6 Å². The van der Waals surface area contributed by atoms with E-state index in [9.17, 15) is 14.0 Å². The van der Waals surface area contributed by atoms with E-state index in [0.29, 0.717) is 26.3 Å². The molecule has 1 aromatic rings. The third-order valence-corrected chi connectivity index (χ3v) is 3.22. The molecule has 1 heterocycles. The average molecular weight is 297 g/mol. The number of nitrogens with zero attached hydrogens (tertiary/aromatic N) is 1. The van der Waals surface area contributed by atoms with Crippen LogP contribution in [0.2, 0.25) is 0 Å². The van der Waals surface area contributed by atoms with Gasteiger partial charge in [0.1, 0.15) is 5.82 Å². The first kappa shape index (κ1) is 15.4. The van der Waals surface area contributed by atoms with Crippen LogP contribution < -0.4 is 0 Å². The fourth-order valence-corrected chi connectivity index (χ4v) is 2.00. The van der Waals surface area contributed by atoms with Gasteiger partial charge in [0.05, 0.1) is 30.4 Å². The van der Waals surface area contributed by atoms with Crippen LogP contribution in [0.25, 0.3) is 0 Å². The molecule has 0 saturated carbocycles. The summed E-state index contributed by atoms with van der Waals surface area (Å²) in [5, 5.41) is 8.75. The lowest BCUT2D eigenvalue weighted by molar-refractivity contribution is -0.0556. The molecule has 0 radical (unpaired) electrons. The number of methoxy groups -OCH3 is 1. The van der Waals surface area contributed by atoms with Gasteiger partial charge in [0.2, 0.25) is 0 Å². The number of rotatable bonds is 6. The molecule has 1 fully saturated rings. The van der Waals surface area contributed by atoms with Crippen LogP contribution in [-0.4, -0.2) is 61.4 Å². The number of carbonyl (C=O) groups excluding carboxylic acids is 1. The third kappa shape index (κ3) is 3.56. The van der Waals surface area contributed by atoms with E-state index >= 15 is 0 Å². The molecule has 1 saturated heterocycles. The quantitative estimate of drug-likeness (QED) is 0.793.